The van der Waals surface area contributed by atoms with Crippen LogP contribution in [0, 0.1) is 17.2 Å². The number of carbonyl (C=O) groups excluding carboxylic acids is 1. The van der Waals surface area contributed by atoms with Crippen LogP contribution in [-0.4, -0.2) is 48.2 Å². The van der Waals surface area contributed by atoms with E-state index < -0.39 is 11.4 Å². The number of halogens is 1. The molecule has 3 heterocycles. The van der Waals surface area contributed by atoms with Gasteiger partial charge in [-0.05, 0) is 42.8 Å². The highest BCUT2D eigenvalue weighted by Crippen LogP contribution is 2.42. The van der Waals surface area contributed by atoms with Crippen LogP contribution in [0.5, 0.6) is 5.75 Å². The van der Waals surface area contributed by atoms with Crippen molar-refractivity contribution in [3.63, 3.8) is 0 Å². The first-order chi connectivity index (χ1) is 13.5. The highest BCUT2D eigenvalue weighted by Gasteiger charge is 2.55. The van der Waals surface area contributed by atoms with Crippen LogP contribution < -0.4 is 4.74 Å². The molecular formula is C20H20FNO6. The number of rotatable bonds is 5. The van der Waals surface area contributed by atoms with Crippen LogP contribution in [-0.2, 0) is 16.1 Å². The second-order valence-electron chi connectivity index (χ2n) is 7.18. The Balaban J connectivity index is 1.42. The van der Waals surface area contributed by atoms with E-state index in [0.717, 1.165) is 0 Å². The molecule has 0 saturated carbocycles. The third kappa shape index (κ3) is 3.35. The molecule has 2 fully saturated rings. The maximum absolute atomic E-state index is 12.9. The molecule has 1 amide bonds. The van der Waals surface area contributed by atoms with Crippen molar-refractivity contribution in [1.29, 1.82) is 0 Å². The summed E-state index contributed by atoms with van der Waals surface area (Å²) in [6, 6.07) is 8.78. The second-order valence-corrected chi connectivity index (χ2v) is 7.18. The van der Waals surface area contributed by atoms with Gasteiger partial charge in [0.2, 0.25) is 0 Å². The van der Waals surface area contributed by atoms with E-state index in [1.807, 2.05) is 0 Å². The van der Waals surface area contributed by atoms with Crippen LogP contribution in [0.2, 0.25) is 0 Å². The van der Waals surface area contributed by atoms with E-state index in [9.17, 15) is 19.1 Å². The van der Waals surface area contributed by atoms with Gasteiger partial charge in [-0.3, -0.25) is 9.59 Å². The summed E-state index contributed by atoms with van der Waals surface area (Å²) < 4.78 is 29.4. The minimum Gasteiger partial charge on any atom is -0.486 e. The summed E-state index contributed by atoms with van der Waals surface area (Å²) >= 11 is 0. The van der Waals surface area contributed by atoms with Gasteiger partial charge in [-0.1, -0.05) is 0 Å². The molecule has 0 radical (unpaired) electrons. The molecular weight excluding hydrogens is 369 g/mol. The topological polar surface area (TPSA) is 89.2 Å². The molecule has 1 N–H and O–H groups in total. The van der Waals surface area contributed by atoms with Crippen molar-refractivity contribution >= 4 is 11.9 Å². The normalized spacial score (nSPS) is 24.0. The molecule has 2 aromatic rings. The summed E-state index contributed by atoms with van der Waals surface area (Å²) in [4.78, 5) is 26.2. The van der Waals surface area contributed by atoms with Gasteiger partial charge in [0.1, 0.15) is 23.9 Å². The number of furan rings is 1. The minimum atomic E-state index is -0.949. The van der Waals surface area contributed by atoms with Crippen molar-refractivity contribution in [2.75, 3.05) is 26.3 Å². The number of nitrogens with zero attached hydrogens (tertiary/aromatic N) is 1. The minimum absolute atomic E-state index is 0.0917. The van der Waals surface area contributed by atoms with Gasteiger partial charge >= 0.3 is 5.97 Å². The Hall–Kier alpha value is -2.87. The fourth-order valence-corrected chi connectivity index (χ4v) is 3.87. The molecule has 28 heavy (non-hydrogen) atoms. The van der Waals surface area contributed by atoms with E-state index in [4.69, 9.17) is 13.9 Å². The van der Waals surface area contributed by atoms with Gasteiger partial charge < -0.3 is 23.9 Å². The monoisotopic (exact) mass is 389 g/mol. The number of fused-ring (bicyclic) bond motifs is 1. The maximum Gasteiger partial charge on any atom is 0.311 e. The zero-order valence-corrected chi connectivity index (χ0v) is 15.1. The molecule has 4 rings (SSSR count). The van der Waals surface area contributed by atoms with E-state index in [1.165, 1.54) is 29.2 Å². The number of carboxylic acids is 1. The SMILES string of the molecule is O=C(c1ccc(COc2ccc(F)cc2)o1)N1C[C@H]2COCC[C@@]2(C(=O)O)C1. The molecule has 7 nitrogen and oxygen atoms in total. The predicted octanol–water partition coefficient (Wildman–Crippen LogP) is 2.56. The zero-order chi connectivity index (χ0) is 19.7. The summed E-state index contributed by atoms with van der Waals surface area (Å²) in [5.41, 5.74) is -0.949. The smallest absolute Gasteiger partial charge is 0.311 e. The van der Waals surface area contributed by atoms with Crippen LogP contribution in [0.15, 0.2) is 40.8 Å². The summed E-state index contributed by atoms with van der Waals surface area (Å²) in [5.74, 6) is -0.740. The zero-order valence-electron chi connectivity index (χ0n) is 15.1. The van der Waals surface area contributed by atoms with E-state index in [-0.39, 0.29) is 36.6 Å². The standard InChI is InChI=1S/C20H20FNO6/c21-14-1-3-15(4-2-14)27-11-16-5-6-17(28-16)18(23)22-9-13-10-26-8-7-20(13,12-22)19(24)25/h1-6,13H,7-12H2,(H,24,25)/t13-,20+/m0/s1. The number of ether oxygens (including phenoxy) is 2. The fraction of sp³-hybridized carbons (Fsp3) is 0.400. The largest absolute Gasteiger partial charge is 0.486 e. The predicted molar refractivity (Wildman–Crippen MR) is 94.3 cm³/mol. The molecule has 8 heteroatoms. The van der Waals surface area contributed by atoms with Crippen LogP contribution in [0.1, 0.15) is 22.7 Å². The lowest BCUT2D eigenvalue weighted by Crippen LogP contribution is -2.45. The van der Waals surface area contributed by atoms with Crippen molar-refractivity contribution in [3.8, 4) is 5.75 Å². The Kier molecular flexibility index (Phi) is 4.80. The van der Waals surface area contributed by atoms with Gasteiger partial charge in [0.15, 0.2) is 5.76 Å². The number of carbonyl (C=O) groups is 2. The van der Waals surface area contributed by atoms with Crippen molar-refractivity contribution < 1.29 is 33.0 Å². The molecule has 0 aliphatic carbocycles. The van der Waals surface area contributed by atoms with Gasteiger partial charge in [0, 0.05) is 25.6 Å². The third-order valence-corrected chi connectivity index (χ3v) is 5.49. The van der Waals surface area contributed by atoms with Crippen molar-refractivity contribution in [2.24, 2.45) is 11.3 Å². The maximum atomic E-state index is 12.9. The molecule has 2 saturated heterocycles. The quantitative estimate of drug-likeness (QED) is 0.846. The van der Waals surface area contributed by atoms with E-state index in [2.05, 4.69) is 0 Å². The average Bonchev–Trinajstić information content (AvgIpc) is 3.32. The Morgan fingerprint density at radius 1 is 1.25 bits per heavy atom. The van der Waals surface area contributed by atoms with Gasteiger partial charge in [-0.15, -0.1) is 0 Å². The molecule has 2 aliphatic heterocycles. The van der Waals surface area contributed by atoms with E-state index >= 15 is 0 Å². The second kappa shape index (κ2) is 7.27. The average molecular weight is 389 g/mol. The summed E-state index contributed by atoms with van der Waals surface area (Å²) in [7, 11) is 0. The number of amides is 1. The lowest BCUT2D eigenvalue weighted by Gasteiger charge is -2.33. The van der Waals surface area contributed by atoms with Crippen LogP contribution >= 0.6 is 0 Å². The first-order valence-corrected chi connectivity index (χ1v) is 9.05. The van der Waals surface area contributed by atoms with Crippen LogP contribution in [0.4, 0.5) is 4.39 Å². The number of benzene rings is 1. The molecule has 0 spiro atoms. The van der Waals surface area contributed by atoms with E-state index in [1.54, 1.807) is 12.1 Å². The highest BCUT2D eigenvalue weighted by molar-refractivity contribution is 5.92. The number of carboxylic acid groups (broad SMARTS) is 1. The summed E-state index contributed by atoms with van der Waals surface area (Å²) in [6.07, 6.45) is 0.395. The van der Waals surface area contributed by atoms with Crippen LogP contribution in [0.3, 0.4) is 0 Å². The fourth-order valence-electron chi connectivity index (χ4n) is 3.87. The molecule has 1 aromatic carbocycles. The van der Waals surface area contributed by atoms with Gasteiger partial charge in [-0.25, -0.2) is 4.39 Å². The molecule has 148 valence electrons. The number of aliphatic carboxylic acids is 1. The highest BCUT2D eigenvalue weighted by atomic mass is 19.1. The van der Waals surface area contributed by atoms with Gasteiger partial charge in [-0.2, -0.15) is 0 Å². The lowest BCUT2D eigenvalue weighted by atomic mass is 9.74. The number of likely N-dealkylation sites (tertiary alicyclic amines) is 1. The molecule has 0 unspecified atom stereocenters. The van der Waals surface area contributed by atoms with Crippen molar-refractivity contribution in [3.05, 3.63) is 53.7 Å². The van der Waals surface area contributed by atoms with Gasteiger partial charge in [0.05, 0.1) is 12.0 Å². The number of hydrogen-bond acceptors (Lipinski definition) is 5. The van der Waals surface area contributed by atoms with Crippen LogP contribution in [0.25, 0.3) is 0 Å². The summed E-state index contributed by atoms with van der Waals surface area (Å²) in [5, 5.41) is 9.71. The molecule has 1 aromatic heterocycles. The van der Waals surface area contributed by atoms with Gasteiger partial charge in [0.25, 0.3) is 5.91 Å². The Morgan fingerprint density at radius 3 is 2.75 bits per heavy atom. The molecule has 0 bridgehead atoms. The third-order valence-electron chi connectivity index (χ3n) is 5.49. The van der Waals surface area contributed by atoms with E-state index in [0.29, 0.717) is 37.7 Å². The molecule has 2 aliphatic rings. The van der Waals surface area contributed by atoms with Crippen molar-refractivity contribution in [2.45, 2.75) is 13.0 Å². The lowest BCUT2D eigenvalue weighted by molar-refractivity contribution is -0.157. The first kappa shape index (κ1) is 18.5. The Bertz CT molecular complexity index is 879. The Morgan fingerprint density at radius 2 is 2.04 bits per heavy atom. The molecule has 2 atom stereocenters. The first-order valence-electron chi connectivity index (χ1n) is 9.05. The van der Waals surface area contributed by atoms with Crippen molar-refractivity contribution in [1.82, 2.24) is 4.90 Å². The Labute approximate surface area is 160 Å². The summed E-state index contributed by atoms with van der Waals surface area (Å²) in [6.45, 7) is 1.29. The number of hydrogen-bond donors (Lipinski definition) is 1.